The van der Waals surface area contributed by atoms with Crippen LogP contribution in [0.3, 0.4) is 0 Å². The highest BCUT2D eigenvalue weighted by molar-refractivity contribution is 7.17. The molecule has 0 bridgehead atoms. The Hall–Kier alpha value is -1.61. The van der Waals surface area contributed by atoms with Gasteiger partial charge in [0.15, 0.2) is 5.78 Å². The normalized spacial score (nSPS) is 10.4. The van der Waals surface area contributed by atoms with E-state index in [1.165, 1.54) is 18.3 Å². The summed E-state index contributed by atoms with van der Waals surface area (Å²) in [5.41, 5.74) is 2.20. The van der Waals surface area contributed by atoms with Crippen molar-refractivity contribution in [2.24, 2.45) is 0 Å². The Morgan fingerprint density at radius 1 is 1.31 bits per heavy atom. The molecule has 0 spiro atoms. The van der Waals surface area contributed by atoms with Crippen LogP contribution in [0.1, 0.15) is 22.2 Å². The third-order valence-electron chi connectivity index (χ3n) is 2.33. The lowest BCUT2D eigenvalue weighted by Crippen LogP contribution is -1.85. The fraction of sp³-hybridized carbons (Fsp3) is 0.154. The van der Waals surface area contributed by atoms with Gasteiger partial charge in [0.05, 0.1) is 0 Å². The second-order valence-corrected chi connectivity index (χ2v) is 4.80. The van der Waals surface area contributed by atoms with Gasteiger partial charge in [-0.15, -0.1) is 11.3 Å². The lowest BCUT2D eigenvalue weighted by atomic mass is 10.1. The molecule has 0 fully saturated rings. The van der Waals surface area contributed by atoms with Crippen molar-refractivity contribution in [3.05, 3.63) is 40.8 Å². The molecule has 1 aromatic carbocycles. The zero-order valence-corrected chi connectivity index (χ0v) is 9.97. The summed E-state index contributed by atoms with van der Waals surface area (Å²) < 4.78 is 0. The van der Waals surface area contributed by atoms with E-state index in [4.69, 9.17) is 0 Å². The van der Waals surface area contributed by atoms with Crippen LogP contribution < -0.4 is 0 Å². The summed E-state index contributed by atoms with van der Waals surface area (Å²) in [6.45, 7) is 3.48. The lowest BCUT2D eigenvalue weighted by Gasteiger charge is -1.97. The van der Waals surface area contributed by atoms with Gasteiger partial charge in [0, 0.05) is 11.8 Å². The van der Waals surface area contributed by atoms with E-state index in [9.17, 15) is 9.90 Å². The zero-order chi connectivity index (χ0) is 11.7. The van der Waals surface area contributed by atoms with E-state index in [1.807, 2.05) is 31.2 Å². The van der Waals surface area contributed by atoms with E-state index in [0.29, 0.717) is 4.88 Å². The van der Waals surface area contributed by atoms with E-state index >= 15 is 0 Å². The van der Waals surface area contributed by atoms with E-state index < -0.39 is 0 Å². The average Bonchev–Trinajstić information content (AvgIpc) is 2.60. The van der Waals surface area contributed by atoms with Crippen LogP contribution in [0.4, 0.5) is 0 Å². The van der Waals surface area contributed by atoms with Crippen molar-refractivity contribution in [3.63, 3.8) is 0 Å². The fourth-order valence-electron chi connectivity index (χ4n) is 1.57. The molecule has 0 aliphatic carbocycles. The number of ketones is 1. The zero-order valence-electron chi connectivity index (χ0n) is 9.15. The molecule has 1 N–H and O–H groups in total. The molecule has 0 radical (unpaired) electrons. The molecule has 1 aromatic heterocycles. The molecule has 2 nitrogen and oxygen atoms in total. The quantitative estimate of drug-likeness (QED) is 0.803. The van der Waals surface area contributed by atoms with Crippen LogP contribution in [0.25, 0.3) is 10.4 Å². The Kier molecular flexibility index (Phi) is 2.79. The predicted molar refractivity (Wildman–Crippen MR) is 66.2 cm³/mol. The molecule has 2 rings (SSSR count). The largest absolute Gasteiger partial charge is 0.506 e. The third kappa shape index (κ3) is 1.99. The minimum Gasteiger partial charge on any atom is -0.506 e. The first-order valence-corrected chi connectivity index (χ1v) is 5.80. The average molecular weight is 232 g/mol. The van der Waals surface area contributed by atoms with Crippen LogP contribution in [0.15, 0.2) is 30.3 Å². The second-order valence-electron chi connectivity index (χ2n) is 3.75. The van der Waals surface area contributed by atoms with Crippen molar-refractivity contribution in [1.29, 1.82) is 0 Å². The third-order valence-corrected chi connectivity index (χ3v) is 3.61. The van der Waals surface area contributed by atoms with Crippen LogP contribution in [-0.2, 0) is 0 Å². The number of Topliss-reactive ketones (excluding diaryl/α,β-unsaturated/α-hetero) is 1. The maximum absolute atomic E-state index is 11.2. The molecule has 16 heavy (non-hydrogen) atoms. The Balaban J connectivity index is 2.49. The molecule has 2 aromatic rings. The van der Waals surface area contributed by atoms with Crippen molar-refractivity contribution < 1.29 is 9.90 Å². The van der Waals surface area contributed by atoms with Crippen molar-refractivity contribution in [2.45, 2.75) is 13.8 Å². The number of benzene rings is 1. The van der Waals surface area contributed by atoms with Crippen LogP contribution in [0.5, 0.6) is 5.75 Å². The van der Waals surface area contributed by atoms with E-state index in [1.54, 1.807) is 6.07 Å². The summed E-state index contributed by atoms with van der Waals surface area (Å²) in [5, 5.41) is 9.62. The minimum absolute atomic E-state index is 0.0778. The highest BCUT2D eigenvalue weighted by atomic mass is 32.1. The van der Waals surface area contributed by atoms with Crippen LogP contribution in [0.2, 0.25) is 0 Å². The summed E-state index contributed by atoms with van der Waals surface area (Å²) in [7, 11) is 0. The van der Waals surface area contributed by atoms with Gasteiger partial charge in [0.1, 0.15) is 10.6 Å². The van der Waals surface area contributed by atoms with Gasteiger partial charge in [-0.2, -0.15) is 0 Å². The first-order chi connectivity index (χ1) is 7.58. The minimum atomic E-state index is -0.0959. The Morgan fingerprint density at radius 2 is 2.06 bits per heavy atom. The van der Waals surface area contributed by atoms with E-state index in [-0.39, 0.29) is 11.5 Å². The molecule has 0 aliphatic rings. The molecule has 0 unspecified atom stereocenters. The number of hydrogen-bond acceptors (Lipinski definition) is 3. The summed E-state index contributed by atoms with van der Waals surface area (Å²) >= 11 is 1.33. The fourth-order valence-corrected chi connectivity index (χ4v) is 2.52. The molecule has 3 heteroatoms. The molecule has 0 saturated carbocycles. The molecule has 1 heterocycles. The number of rotatable bonds is 2. The smallest absolute Gasteiger partial charge is 0.173 e. The summed E-state index contributed by atoms with van der Waals surface area (Å²) in [5.74, 6) is -0.0181. The number of carbonyl (C=O) groups is 1. The molecular weight excluding hydrogens is 220 g/mol. The van der Waals surface area contributed by atoms with Gasteiger partial charge < -0.3 is 5.11 Å². The van der Waals surface area contributed by atoms with E-state index in [0.717, 1.165) is 16.0 Å². The molecule has 0 saturated heterocycles. The molecular formula is C13H12O2S. The van der Waals surface area contributed by atoms with Gasteiger partial charge in [0.2, 0.25) is 0 Å². The van der Waals surface area contributed by atoms with Crippen molar-refractivity contribution >= 4 is 17.1 Å². The molecule has 82 valence electrons. The van der Waals surface area contributed by atoms with Crippen molar-refractivity contribution in [2.75, 3.05) is 0 Å². The van der Waals surface area contributed by atoms with Crippen LogP contribution in [0, 0.1) is 6.92 Å². The maximum atomic E-state index is 11.2. The van der Waals surface area contributed by atoms with Crippen LogP contribution in [-0.4, -0.2) is 10.9 Å². The topological polar surface area (TPSA) is 37.3 Å². The summed E-state index contributed by atoms with van der Waals surface area (Å²) in [6.07, 6.45) is 0. The number of carbonyl (C=O) groups excluding carboxylic acids is 1. The molecule has 0 amide bonds. The molecule has 0 atom stereocenters. The Labute approximate surface area is 98.2 Å². The van der Waals surface area contributed by atoms with E-state index in [2.05, 4.69) is 0 Å². The van der Waals surface area contributed by atoms with Crippen molar-refractivity contribution in [3.8, 4) is 16.2 Å². The number of aromatic hydroxyl groups is 1. The highest BCUT2D eigenvalue weighted by Crippen LogP contribution is 2.35. The van der Waals surface area contributed by atoms with Gasteiger partial charge in [0.25, 0.3) is 0 Å². The predicted octanol–water partition coefficient (Wildman–Crippen LogP) is 3.63. The van der Waals surface area contributed by atoms with Crippen LogP contribution >= 0.6 is 11.3 Å². The van der Waals surface area contributed by atoms with Crippen molar-refractivity contribution in [1.82, 2.24) is 0 Å². The maximum Gasteiger partial charge on any atom is 0.173 e. The van der Waals surface area contributed by atoms with Gasteiger partial charge in [-0.1, -0.05) is 29.8 Å². The summed E-state index contributed by atoms with van der Waals surface area (Å²) in [6, 6.07) is 9.64. The second kappa shape index (κ2) is 4.10. The van der Waals surface area contributed by atoms with Gasteiger partial charge >= 0.3 is 0 Å². The first kappa shape index (κ1) is 10.9. The van der Waals surface area contributed by atoms with Gasteiger partial charge in [-0.05, 0) is 18.6 Å². The first-order valence-electron chi connectivity index (χ1n) is 4.98. The number of thiophene rings is 1. The molecule has 0 aliphatic heterocycles. The van der Waals surface area contributed by atoms with Gasteiger partial charge in [-0.3, -0.25) is 4.79 Å². The Bertz CT molecular complexity index is 541. The summed E-state index contributed by atoms with van der Waals surface area (Å²) in [4.78, 5) is 12.6. The SMILES string of the molecule is CC(=O)c1sc(-c2cccc(C)c2)cc1O. The van der Waals surface area contributed by atoms with Gasteiger partial charge in [-0.25, -0.2) is 0 Å². The highest BCUT2D eigenvalue weighted by Gasteiger charge is 2.12. The number of aryl methyl sites for hydroxylation is 1. The monoisotopic (exact) mass is 232 g/mol. The standard InChI is InChI=1S/C13H12O2S/c1-8-4-3-5-10(6-8)12-7-11(15)13(16-12)9(2)14/h3-7,15H,1-2H3. The number of hydrogen-bond donors (Lipinski definition) is 1. The Morgan fingerprint density at radius 3 is 2.62 bits per heavy atom. The lowest BCUT2D eigenvalue weighted by molar-refractivity contribution is 0.101.